The van der Waals surface area contributed by atoms with Crippen molar-refractivity contribution in [2.24, 2.45) is 0 Å². The third-order valence-corrected chi connectivity index (χ3v) is 3.54. The Labute approximate surface area is 106 Å². The molecule has 2 atom stereocenters. The van der Waals surface area contributed by atoms with Crippen molar-refractivity contribution in [1.82, 2.24) is 10.6 Å². The summed E-state index contributed by atoms with van der Waals surface area (Å²) in [5.74, 6) is 0. The van der Waals surface area contributed by atoms with E-state index in [0.717, 1.165) is 23.7 Å². The molecule has 1 fully saturated rings. The van der Waals surface area contributed by atoms with Crippen LogP contribution in [0.25, 0.3) is 0 Å². The topological polar surface area (TPSA) is 24.1 Å². The highest BCUT2D eigenvalue weighted by molar-refractivity contribution is 6.35. The highest BCUT2D eigenvalue weighted by atomic mass is 35.5. The van der Waals surface area contributed by atoms with E-state index in [4.69, 9.17) is 23.2 Å². The summed E-state index contributed by atoms with van der Waals surface area (Å²) in [5, 5.41) is 8.32. The molecular formula is C12H16Cl2N2. The molecule has 1 aromatic rings. The minimum absolute atomic E-state index is 0.259. The lowest BCUT2D eigenvalue weighted by Gasteiger charge is -2.20. The van der Waals surface area contributed by atoms with E-state index in [9.17, 15) is 0 Å². The summed E-state index contributed by atoms with van der Waals surface area (Å²) in [7, 11) is 0. The van der Waals surface area contributed by atoms with Crippen LogP contribution in [0, 0.1) is 0 Å². The lowest BCUT2D eigenvalue weighted by molar-refractivity contribution is 0.478. The predicted molar refractivity (Wildman–Crippen MR) is 69.3 cm³/mol. The second-order valence-electron chi connectivity index (χ2n) is 4.24. The largest absolute Gasteiger partial charge is 0.315 e. The average Bonchev–Trinajstić information content (AvgIpc) is 2.70. The van der Waals surface area contributed by atoms with E-state index in [1.807, 2.05) is 12.1 Å². The van der Waals surface area contributed by atoms with Crippen molar-refractivity contribution in [1.29, 1.82) is 0 Å². The van der Waals surface area contributed by atoms with Crippen LogP contribution < -0.4 is 10.6 Å². The molecule has 1 heterocycles. The molecule has 4 heteroatoms. The number of benzene rings is 1. The molecule has 1 aliphatic rings. The first-order chi connectivity index (χ1) is 7.66. The molecule has 2 N–H and O–H groups in total. The average molecular weight is 259 g/mol. The van der Waals surface area contributed by atoms with Gasteiger partial charge in [-0.05, 0) is 37.6 Å². The first-order valence-electron chi connectivity index (χ1n) is 5.58. The third kappa shape index (κ3) is 2.89. The van der Waals surface area contributed by atoms with Crippen LogP contribution in [-0.4, -0.2) is 19.1 Å². The van der Waals surface area contributed by atoms with Gasteiger partial charge >= 0.3 is 0 Å². The van der Waals surface area contributed by atoms with Gasteiger partial charge < -0.3 is 10.6 Å². The second kappa shape index (κ2) is 5.37. The summed E-state index contributed by atoms with van der Waals surface area (Å²) in [6.45, 7) is 4.27. The normalized spacial score (nSPS) is 22.3. The van der Waals surface area contributed by atoms with Gasteiger partial charge in [-0.3, -0.25) is 0 Å². The molecule has 2 rings (SSSR count). The molecule has 1 aliphatic heterocycles. The summed E-state index contributed by atoms with van der Waals surface area (Å²) in [6.07, 6.45) is 1.18. The summed E-state index contributed by atoms with van der Waals surface area (Å²) in [4.78, 5) is 0. The van der Waals surface area contributed by atoms with Crippen LogP contribution in [0.4, 0.5) is 0 Å². The lowest BCUT2D eigenvalue weighted by Crippen LogP contribution is -2.33. The van der Waals surface area contributed by atoms with Crippen molar-refractivity contribution >= 4 is 23.2 Å². The monoisotopic (exact) mass is 258 g/mol. The fraction of sp³-hybridized carbons (Fsp3) is 0.500. The Balaban J connectivity index is 2.04. The Morgan fingerprint density at radius 1 is 1.44 bits per heavy atom. The van der Waals surface area contributed by atoms with Gasteiger partial charge in [-0.2, -0.15) is 0 Å². The highest BCUT2D eigenvalue weighted by Crippen LogP contribution is 2.26. The maximum atomic E-state index is 6.17. The molecule has 2 nitrogen and oxygen atoms in total. The van der Waals surface area contributed by atoms with Crippen molar-refractivity contribution in [3.8, 4) is 0 Å². The van der Waals surface area contributed by atoms with Gasteiger partial charge in [-0.1, -0.05) is 29.3 Å². The van der Waals surface area contributed by atoms with Crippen LogP contribution in [0.1, 0.15) is 24.9 Å². The quantitative estimate of drug-likeness (QED) is 0.871. The van der Waals surface area contributed by atoms with Crippen LogP contribution >= 0.6 is 23.2 Å². The molecular weight excluding hydrogens is 243 g/mol. The van der Waals surface area contributed by atoms with Gasteiger partial charge in [0.05, 0.1) is 0 Å². The maximum Gasteiger partial charge on any atom is 0.0468 e. The van der Waals surface area contributed by atoms with E-state index >= 15 is 0 Å². The number of rotatable bonds is 3. The van der Waals surface area contributed by atoms with Crippen LogP contribution in [0.3, 0.4) is 0 Å². The van der Waals surface area contributed by atoms with Crippen LogP contribution in [0.5, 0.6) is 0 Å². The summed E-state index contributed by atoms with van der Waals surface area (Å²) in [6, 6.07) is 6.47. The molecule has 0 bridgehead atoms. The molecule has 0 aliphatic carbocycles. The minimum Gasteiger partial charge on any atom is -0.315 e. The standard InChI is InChI=1S/C12H16Cl2N2/c1-8(16-10-4-5-15-7-10)11-3-2-9(13)6-12(11)14/h2-3,6,8,10,15-16H,4-5,7H2,1H3/t8-,10?/m0/s1. The number of nitrogens with one attached hydrogen (secondary N) is 2. The Bertz CT molecular complexity index is 362. The lowest BCUT2D eigenvalue weighted by atomic mass is 10.1. The molecule has 0 spiro atoms. The minimum atomic E-state index is 0.259. The van der Waals surface area contributed by atoms with E-state index in [1.54, 1.807) is 6.07 Å². The molecule has 1 saturated heterocycles. The summed E-state index contributed by atoms with van der Waals surface area (Å²) in [5.41, 5.74) is 1.11. The van der Waals surface area contributed by atoms with E-state index in [-0.39, 0.29) is 6.04 Å². The van der Waals surface area contributed by atoms with Crippen LogP contribution in [0.2, 0.25) is 10.0 Å². The first-order valence-corrected chi connectivity index (χ1v) is 6.34. The molecule has 0 radical (unpaired) electrons. The van der Waals surface area contributed by atoms with Crippen LogP contribution in [0.15, 0.2) is 18.2 Å². The molecule has 88 valence electrons. The number of hydrogen-bond donors (Lipinski definition) is 2. The van der Waals surface area contributed by atoms with Gasteiger partial charge in [0.2, 0.25) is 0 Å². The first kappa shape index (κ1) is 12.2. The van der Waals surface area contributed by atoms with Gasteiger partial charge in [0, 0.05) is 28.7 Å². The van der Waals surface area contributed by atoms with Crippen LogP contribution in [-0.2, 0) is 0 Å². The van der Waals surface area contributed by atoms with Crippen molar-refractivity contribution in [2.75, 3.05) is 13.1 Å². The summed E-state index contributed by atoms with van der Waals surface area (Å²) >= 11 is 12.0. The van der Waals surface area contributed by atoms with Crippen molar-refractivity contribution in [3.05, 3.63) is 33.8 Å². The van der Waals surface area contributed by atoms with Gasteiger partial charge in [-0.25, -0.2) is 0 Å². The molecule has 0 amide bonds. The fourth-order valence-corrected chi connectivity index (χ4v) is 2.67. The SMILES string of the molecule is C[C@H](NC1CCNC1)c1ccc(Cl)cc1Cl. The molecule has 0 aromatic heterocycles. The Kier molecular flexibility index (Phi) is 4.09. The maximum absolute atomic E-state index is 6.17. The highest BCUT2D eigenvalue weighted by Gasteiger charge is 2.18. The predicted octanol–water partition coefficient (Wildman–Crippen LogP) is 3.01. The smallest absolute Gasteiger partial charge is 0.0468 e. The second-order valence-corrected chi connectivity index (χ2v) is 5.09. The van der Waals surface area contributed by atoms with Gasteiger partial charge in [-0.15, -0.1) is 0 Å². The van der Waals surface area contributed by atoms with E-state index in [2.05, 4.69) is 17.6 Å². The number of hydrogen-bond acceptors (Lipinski definition) is 2. The van der Waals surface area contributed by atoms with Crippen molar-refractivity contribution < 1.29 is 0 Å². The fourth-order valence-electron chi connectivity index (χ4n) is 2.09. The zero-order valence-corrected chi connectivity index (χ0v) is 10.8. The molecule has 1 aromatic carbocycles. The third-order valence-electron chi connectivity index (χ3n) is 2.98. The van der Waals surface area contributed by atoms with Crippen molar-refractivity contribution in [3.63, 3.8) is 0 Å². The molecule has 16 heavy (non-hydrogen) atoms. The molecule has 0 saturated carbocycles. The Hall–Kier alpha value is -0.280. The zero-order chi connectivity index (χ0) is 11.5. The Morgan fingerprint density at radius 3 is 2.88 bits per heavy atom. The van der Waals surface area contributed by atoms with Crippen molar-refractivity contribution in [2.45, 2.75) is 25.4 Å². The van der Waals surface area contributed by atoms with Gasteiger partial charge in [0.15, 0.2) is 0 Å². The zero-order valence-electron chi connectivity index (χ0n) is 9.26. The van der Waals surface area contributed by atoms with E-state index < -0.39 is 0 Å². The molecule has 1 unspecified atom stereocenters. The Morgan fingerprint density at radius 2 is 2.25 bits per heavy atom. The van der Waals surface area contributed by atoms with Gasteiger partial charge in [0.1, 0.15) is 0 Å². The summed E-state index contributed by atoms with van der Waals surface area (Å²) < 4.78 is 0. The van der Waals surface area contributed by atoms with Gasteiger partial charge in [0.25, 0.3) is 0 Å². The number of halogens is 2. The van der Waals surface area contributed by atoms with E-state index in [0.29, 0.717) is 11.1 Å². The van der Waals surface area contributed by atoms with E-state index in [1.165, 1.54) is 6.42 Å².